The van der Waals surface area contributed by atoms with E-state index >= 15 is 0 Å². The molecule has 0 saturated heterocycles. The van der Waals surface area contributed by atoms with Crippen LogP contribution in [-0.2, 0) is 11.3 Å². The highest BCUT2D eigenvalue weighted by Crippen LogP contribution is 2.11. The number of hydrogen-bond donors (Lipinski definition) is 1. The van der Waals surface area contributed by atoms with Crippen LogP contribution in [0.2, 0.25) is 0 Å². The molecule has 0 aromatic heterocycles. The lowest BCUT2D eigenvalue weighted by Crippen LogP contribution is -2.36. The second-order valence-corrected chi connectivity index (χ2v) is 4.70. The first-order valence-electron chi connectivity index (χ1n) is 6.71. The number of nitrogens with two attached hydrogens (primary N) is 1. The zero-order valence-corrected chi connectivity index (χ0v) is 11.4. The minimum absolute atomic E-state index is 0.0893. The highest BCUT2D eigenvalue weighted by atomic mass is 16.2. The van der Waals surface area contributed by atoms with Gasteiger partial charge in [-0.05, 0) is 24.9 Å². The Balaban J connectivity index is 2.69. The SMILES string of the molecule is CCC(C)C(=O)N(CCCN)Cc1ccccc1. The molecule has 100 valence electrons. The van der Waals surface area contributed by atoms with Gasteiger partial charge in [-0.1, -0.05) is 44.2 Å². The van der Waals surface area contributed by atoms with E-state index in [9.17, 15) is 4.79 Å². The summed E-state index contributed by atoms with van der Waals surface area (Å²) in [5, 5.41) is 0. The Morgan fingerprint density at radius 3 is 2.56 bits per heavy atom. The van der Waals surface area contributed by atoms with Gasteiger partial charge in [-0.2, -0.15) is 0 Å². The van der Waals surface area contributed by atoms with E-state index in [-0.39, 0.29) is 11.8 Å². The summed E-state index contributed by atoms with van der Waals surface area (Å²) < 4.78 is 0. The summed E-state index contributed by atoms with van der Waals surface area (Å²) in [7, 11) is 0. The van der Waals surface area contributed by atoms with Crippen LogP contribution in [0, 0.1) is 5.92 Å². The Kier molecular flexibility index (Phi) is 6.44. The zero-order chi connectivity index (χ0) is 13.4. The van der Waals surface area contributed by atoms with Gasteiger partial charge in [0.25, 0.3) is 0 Å². The van der Waals surface area contributed by atoms with Crippen molar-refractivity contribution < 1.29 is 4.79 Å². The molecule has 0 aliphatic carbocycles. The Labute approximate surface area is 110 Å². The second-order valence-electron chi connectivity index (χ2n) is 4.70. The Morgan fingerprint density at radius 2 is 2.00 bits per heavy atom. The average Bonchev–Trinajstić information content (AvgIpc) is 2.42. The molecular weight excluding hydrogens is 224 g/mol. The first-order chi connectivity index (χ1) is 8.69. The van der Waals surface area contributed by atoms with Crippen LogP contribution >= 0.6 is 0 Å². The number of hydrogen-bond acceptors (Lipinski definition) is 2. The zero-order valence-electron chi connectivity index (χ0n) is 11.4. The van der Waals surface area contributed by atoms with Gasteiger partial charge in [-0.3, -0.25) is 4.79 Å². The maximum atomic E-state index is 12.3. The fourth-order valence-electron chi connectivity index (χ4n) is 1.84. The third-order valence-corrected chi connectivity index (χ3v) is 3.19. The first kappa shape index (κ1) is 14.7. The van der Waals surface area contributed by atoms with Gasteiger partial charge in [0.2, 0.25) is 5.91 Å². The number of carbonyl (C=O) groups is 1. The lowest BCUT2D eigenvalue weighted by molar-refractivity contribution is -0.135. The van der Waals surface area contributed by atoms with E-state index in [2.05, 4.69) is 12.1 Å². The lowest BCUT2D eigenvalue weighted by Gasteiger charge is -2.25. The van der Waals surface area contributed by atoms with Crippen LogP contribution in [0.25, 0.3) is 0 Å². The maximum absolute atomic E-state index is 12.3. The third kappa shape index (κ3) is 4.49. The highest BCUT2D eigenvalue weighted by Gasteiger charge is 2.18. The van der Waals surface area contributed by atoms with Crippen LogP contribution in [0.1, 0.15) is 32.3 Å². The first-order valence-corrected chi connectivity index (χ1v) is 6.71. The molecule has 0 bridgehead atoms. The van der Waals surface area contributed by atoms with E-state index in [1.54, 1.807) is 0 Å². The van der Waals surface area contributed by atoms with E-state index in [0.29, 0.717) is 13.1 Å². The summed E-state index contributed by atoms with van der Waals surface area (Å²) in [4.78, 5) is 14.2. The van der Waals surface area contributed by atoms with E-state index in [0.717, 1.165) is 19.4 Å². The van der Waals surface area contributed by atoms with Crippen LogP contribution in [-0.4, -0.2) is 23.9 Å². The number of rotatable bonds is 7. The Bertz CT molecular complexity index is 351. The van der Waals surface area contributed by atoms with Crippen LogP contribution in [0.5, 0.6) is 0 Å². The summed E-state index contributed by atoms with van der Waals surface area (Å²) in [5.41, 5.74) is 6.71. The van der Waals surface area contributed by atoms with Gasteiger partial charge in [0.1, 0.15) is 0 Å². The maximum Gasteiger partial charge on any atom is 0.225 e. The predicted molar refractivity (Wildman–Crippen MR) is 75.0 cm³/mol. The Hall–Kier alpha value is -1.35. The summed E-state index contributed by atoms with van der Waals surface area (Å²) in [6.45, 7) is 6.09. The third-order valence-electron chi connectivity index (χ3n) is 3.19. The molecule has 1 rings (SSSR count). The van der Waals surface area contributed by atoms with Crippen molar-refractivity contribution in [3.63, 3.8) is 0 Å². The molecule has 1 unspecified atom stereocenters. The molecular formula is C15H24N2O. The van der Waals surface area contributed by atoms with Gasteiger partial charge < -0.3 is 10.6 Å². The van der Waals surface area contributed by atoms with Crippen molar-refractivity contribution in [3.05, 3.63) is 35.9 Å². The van der Waals surface area contributed by atoms with Crippen molar-refractivity contribution in [3.8, 4) is 0 Å². The molecule has 0 fully saturated rings. The van der Waals surface area contributed by atoms with Crippen molar-refractivity contribution >= 4 is 5.91 Å². The largest absolute Gasteiger partial charge is 0.338 e. The molecule has 2 N–H and O–H groups in total. The monoisotopic (exact) mass is 248 g/mol. The minimum Gasteiger partial charge on any atom is -0.338 e. The normalized spacial score (nSPS) is 12.2. The summed E-state index contributed by atoms with van der Waals surface area (Å²) in [5.74, 6) is 0.321. The van der Waals surface area contributed by atoms with Crippen LogP contribution < -0.4 is 5.73 Å². The van der Waals surface area contributed by atoms with Crippen LogP contribution in [0.15, 0.2) is 30.3 Å². The average molecular weight is 248 g/mol. The molecule has 0 spiro atoms. The predicted octanol–water partition coefficient (Wildman–Crippen LogP) is 2.41. The molecule has 0 aliphatic heterocycles. The van der Waals surface area contributed by atoms with Gasteiger partial charge in [-0.15, -0.1) is 0 Å². The summed E-state index contributed by atoms with van der Waals surface area (Å²) in [6.07, 6.45) is 1.74. The molecule has 1 aromatic rings. The summed E-state index contributed by atoms with van der Waals surface area (Å²) >= 11 is 0. The topological polar surface area (TPSA) is 46.3 Å². The van der Waals surface area contributed by atoms with E-state index in [4.69, 9.17) is 5.73 Å². The molecule has 0 aliphatic rings. The van der Waals surface area contributed by atoms with Crippen molar-refractivity contribution in [1.29, 1.82) is 0 Å². The number of nitrogens with zero attached hydrogens (tertiary/aromatic N) is 1. The molecule has 3 nitrogen and oxygen atoms in total. The van der Waals surface area contributed by atoms with E-state index in [1.165, 1.54) is 5.56 Å². The smallest absolute Gasteiger partial charge is 0.225 e. The number of benzene rings is 1. The molecule has 1 amide bonds. The molecule has 0 radical (unpaired) electrons. The van der Waals surface area contributed by atoms with Crippen molar-refractivity contribution in [1.82, 2.24) is 4.90 Å². The van der Waals surface area contributed by atoms with Gasteiger partial charge in [-0.25, -0.2) is 0 Å². The van der Waals surface area contributed by atoms with E-state index in [1.807, 2.05) is 36.9 Å². The molecule has 0 heterocycles. The molecule has 3 heteroatoms. The fraction of sp³-hybridized carbons (Fsp3) is 0.533. The standard InChI is InChI=1S/C15H24N2O/c1-3-13(2)15(18)17(11-7-10-16)12-14-8-5-4-6-9-14/h4-6,8-9,13H,3,7,10-12,16H2,1-2H3. The van der Waals surface area contributed by atoms with Crippen molar-refractivity contribution in [2.75, 3.05) is 13.1 Å². The van der Waals surface area contributed by atoms with E-state index < -0.39 is 0 Å². The summed E-state index contributed by atoms with van der Waals surface area (Å²) in [6, 6.07) is 10.1. The van der Waals surface area contributed by atoms with Crippen LogP contribution in [0.4, 0.5) is 0 Å². The van der Waals surface area contributed by atoms with Crippen molar-refractivity contribution in [2.24, 2.45) is 11.7 Å². The quantitative estimate of drug-likeness (QED) is 0.805. The number of carbonyl (C=O) groups excluding carboxylic acids is 1. The van der Waals surface area contributed by atoms with Crippen LogP contribution in [0.3, 0.4) is 0 Å². The molecule has 1 atom stereocenters. The number of amides is 1. The highest BCUT2D eigenvalue weighted by molar-refractivity contribution is 5.78. The second kappa shape index (κ2) is 7.88. The fourth-order valence-corrected chi connectivity index (χ4v) is 1.84. The van der Waals surface area contributed by atoms with Gasteiger partial charge in [0.15, 0.2) is 0 Å². The van der Waals surface area contributed by atoms with Gasteiger partial charge in [0, 0.05) is 19.0 Å². The lowest BCUT2D eigenvalue weighted by atomic mass is 10.1. The minimum atomic E-state index is 0.0893. The van der Waals surface area contributed by atoms with Gasteiger partial charge >= 0.3 is 0 Å². The van der Waals surface area contributed by atoms with Crippen molar-refractivity contribution in [2.45, 2.75) is 33.2 Å². The Morgan fingerprint density at radius 1 is 1.33 bits per heavy atom. The van der Waals surface area contributed by atoms with Gasteiger partial charge in [0.05, 0.1) is 0 Å². The molecule has 18 heavy (non-hydrogen) atoms. The molecule has 0 saturated carbocycles. The molecule has 1 aromatic carbocycles.